The minimum Gasteiger partial charge on any atom is -0.456 e. The molecule has 0 unspecified atom stereocenters. The lowest BCUT2D eigenvalue weighted by atomic mass is 10.2. The van der Waals surface area contributed by atoms with E-state index in [0.29, 0.717) is 27.8 Å². The average Bonchev–Trinajstić information content (AvgIpc) is 2.35. The maximum Gasteiger partial charge on any atom is 0.146 e. The average molecular weight is 259 g/mol. The van der Waals surface area contributed by atoms with Crippen LogP contribution in [0.4, 0.5) is 5.69 Å². The summed E-state index contributed by atoms with van der Waals surface area (Å²) in [6, 6.07) is 12.4. The Hall–Kier alpha value is -2.18. The van der Waals surface area contributed by atoms with Crippen molar-refractivity contribution >= 4 is 17.3 Å². The van der Waals surface area contributed by atoms with E-state index in [1.807, 2.05) is 25.1 Å². The molecule has 0 spiro atoms. The number of nitrogens with two attached hydrogens (primary N) is 1. The van der Waals surface area contributed by atoms with Crippen LogP contribution in [0.3, 0.4) is 0 Å². The zero-order valence-corrected chi connectivity index (χ0v) is 10.5. The Morgan fingerprint density at radius 2 is 2.00 bits per heavy atom. The zero-order valence-electron chi connectivity index (χ0n) is 9.77. The molecule has 2 aromatic carbocycles. The summed E-state index contributed by atoms with van der Waals surface area (Å²) in [5.74, 6) is 1.09. The van der Waals surface area contributed by atoms with Crippen molar-refractivity contribution in [2.75, 3.05) is 5.73 Å². The smallest absolute Gasteiger partial charge is 0.146 e. The first-order valence-corrected chi connectivity index (χ1v) is 5.71. The molecule has 18 heavy (non-hydrogen) atoms. The molecule has 0 aromatic heterocycles. The Kier molecular flexibility index (Phi) is 3.40. The van der Waals surface area contributed by atoms with E-state index in [1.54, 1.807) is 24.3 Å². The van der Waals surface area contributed by atoms with E-state index < -0.39 is 0 Å². The zero-order chi connectivity index (χ0) is 13.1. The van der Waals surface area contributed by atoms with Crippen LogP contribution in [0.2, 0.25) is 5.02 Å². The summed E-state index contributed by atoms with van der Waals surface area (Å²) in [6.45, 7) is 1.95. The van der Waals surface area contributed by atoms with E-state index in [-0.39, 0.29) is 0 Å². The number of aryl methyl sites for hydroxylation is 1. The SMILES string of the molecule is Cc1ccc(Oc2ccc(N)c(C#N)c2)c(Cl)c1. The lowest BCUT2D eigenvalue weighted by Gasteiger charge is -2.09. The highest BCUT2D eigenvalue weighted by atomic mass is 35.5. The predicted molar refractivity (Wildman–Crippen MR) is 71.8 cm³/mol. The fourth-order valence-corrected chi connectivity index (χ4v) is 1.78. The van der Waals surface area contributed by atoms with Gasteiger partial charge < -0.3 is 10.5 Å². The van der Waals surface area contributed by atoms with Gasteiger partial charge in [-0.25, -0.2) is 0 Å². The Morgan fingerprint density at radius 3 is 2.67 bits per heavy atom. The van der Waals surface area contributed by atoms with Gasteiger partial charge >= 0.3 is 0 Å². The van der Waals surface area contributed by atoms with Crippen molar-refractivity contribution in [2.45, 2.75) is 6.92 Å². The van der Waals surface area contributed by atoms with Crippen LogP contribution < -0.4 is 10.5 Å². The molecular weight excluding hydrogens is 248 g/mol. The van der Waals surface area contributed by atoms with E-state index in [9.17, 15) is 0 Å². The summed E-state index contributed by atoms with van der Waals surface area (Å²) >= 11 is 6.07. The number of hydrogen-bond donors (Lipinski definition) is 1. The van der Waals surface area contributed by atoms with Crippen LogP contribution in [-0.4, -0.2) is 0 Å². The van der Waals surface area contributed by atoms with Gasteiger partial charge in [0.05, 0.1) is 10.6 Å². The Balaban J connectivity index is 2.32. The maximum absolute atomic E-state index is 8.89. The van der Waals surface area contributed by atoms with Gasteiger partial charge in [-0.2, -0.15) is 5.26 Å². The van der Waals surface area contributed by atoms with Crippen LogP contribution in [0, 0.1) is 18.3 Å². The second-order valence-corrected chi connectivity index (χ2v) is 4.30. The van der Waals surface area contributed by atoms with Crippen molar-refractivity contribution in [3.05, 3.63) is 52.5 Å². The van der Waals surface area contributed by atoms with E-state index in [2.05, 4.69) is 0 Å². The normalized spacial score (nSPS) is 9.83. The first-order chi connectivity index (χ1) is 8.60. The number of benzene rings is 2. The van der Waals surface area contributed by atoms with Crippen molar-refractivity contribution in [1.29, 1.82) is 5.26 Å². The number of hydrogen-bond acceptors (Lipinski definition) is 3. The van der Waals surface area contributed by atoms with Crippen LogP contribution in [-0.2, 0) is 0 Å². The summed E-state index contributed by atoms with van der Waals surface area (Å²) in [5, 5.41) is 9.42. The summed E-state index contributed by atoms with van der Waals surface area (Å²) in [5.41, 5.74) is 7.51. The number of nitrogen functional groups attached to an aromatic ring is 1. The van der Waals surface area contributed by atoms with Gasteiger partial charge in [0, 0.05) is 11.8 Å². The van der Waals surface area contributed by atoms with Gasteiger partial charge in [-0.1, -0.05) is 17.7 Å². The minimum absolute atomic E-state index is 0.385. The maximum atomic E-state index is 8.89. The van der Waals surface area contributed by atoms with Crippen molar-refractivity contribution in [1.82, 2.24) is 0 Å². The standard InChI is InChI=1S/C14H11ClN2O/c1-9-2-5-14(12(15)6-9)18-11-3-4-13(17)10(7-11)8-16/h2-7H,17H2,1H3. The van der Waals surface area contributed by atoms with Gasteiger partial charge in [0.15, 0.2) is 0 Å². The van der Waals surface area contributed by atoms with Gasteiger partial charge in [-0.05, 0) is 36.8 Å². The molecule has 0 saturated heterocycles. The fraction of sp³-hybridized carbons (Fsp3) is 0.0714. The van der Waals surface area contributed by atoms with Crippen molar-refractivity contribution in [3.63, 3.8) is 0 Å². The van der Waals surface area contributed by atoms with Crippen molar-refractivity contribution < 1.29 is 4.74 Å². The lowest BCUT2D eigenvalue weighted by molar-refractivity contribution is 0.482. The molecule has 0 aliphatic carbocycles. The van der Waals surface area contributed by atoms with E-state index >= 15 is 0 Å². The molecule has 0 aliphatic rings. The molecular formula is C14H11ClN2O. The number of rotatable bonds is 2. The molecule has 0 heterocycles. The second kappa shape index (κ2) is 4.99. The quantitative estimate of drug-likeness (QED) is 0.831. The highest BCUT2D eigenvalue weighted by Gasteiger charge is 2.05. The first kappa shape index (κ1) is 12.3. The number of nitriles is 1. The Bertz CT molecular complexity index is 632. The van der Waals surface area contributed by atoms with Crippen molar-refractivity contribution in [3.8, 4) is 17.6 Å². The topological polar surface area (TPSA) is 59.0 Å². The highest BCUT2D eigenvalue weighted by molar-refractivity contribution is 6.32. The molecule has 0 saturated carbocycles. The van der Waals surface area contributed by atoms with Crippen LogP contribution in [0.1, 0.15) is 11.1 Å². The molecule has 0 bridgehead atoms. The van der Waals surface area contributed by atoms with Gasteiger partial charge in [0.25, 0.3) is 0 Å². The number of halogens is 1. The van der Waals surface area contributed by atoms with Gasteiger partial charge in [-0.3, -0.25) is 0 Å². The molecule has 0 amide bonds. The molecule has 3 nitrogen and oxygen atoms in total. The Morgan fingerprint density at radius 1 is 1.22 bits per heavy atom. The van der Waals surface area contributed by atoms with Gasteiger partial charge in [0.1, 0.15) is 17.6 Å². The number of ether oxygens (including phenoxy) is 1. The molecule has 0 atom stereocenters. The molecule has 2 N–H and O–H groups in total. The number of anilines is 1. The Labute approximate surface area is 110 Å². The van der Waals surface area contributed by atoms with E-state index in [0.717, 1.165) is 5.56 Å². The summed E-state index contributed by atoms with van der Waals surface area (Å²) < 4.78 is 5.62. The minimum atomic E-state index is 0.385. The monoisotopic (exact) mass is 258 g/mol. The third-order valence-electron chi connectivity index (χ3n) is 2.46. The highest BCUT2D eigenvalue weighted by Crippen LogP contribution is 2.31. The van der Waals surface area contributed by atoms with E-state index in [4.69, 9.17) is 27.3 Å². The van der Waals surface area contributed by atoms with Crippen LogP contribution in [0.25, 0.3) is 0 Å². The summed E-state index contributed by atoms with van der Waals surface area (Å²) in [7, 11) is 0. The second-order valence-electron chi connectivity index (χ2n) is 3.90. The number of nitrogens with zero attached hydrogens (tertiary/aromatic N) is 1. The van der Waals surface area contributed by atoms with E-state index in [1.165, 1.54) is 0 Å². The fourth-order valence-electron chi connectivity index (χ4n) is 1.51. The van der Waals surface area contributed by atoms with Crippen LogP contribution >= 0.6 is 11.6 Å². The molecule has 90 valence electrons. The van der Waals surface area contributed by atoms with Crippen LogP contribution in [0.15, 0.2) is 36.4 Å². The van der Waals surface area contributed by atoms with Gasteiger partial charge in [-0.15, -0.1) is 0 Å². The predicted octanol–water partition coefficient (Wildman–Crippen LogP) is 3.89. The molecule has 0 radical (unpaired) electrons. The van der Waals surface area contributed by atoms with Crippen molar-refractivity contribution in [2.24, 2.45) is 0 Å². The molecule has 0 aliphatic heterocycles. The summed E-state index contributed by atoms with van der Waals surface area (Å²) in [6.07, 6.45) is 0. The largest absolute Gasteiger partial charge is 0.456 e. The third kappa shape index (κ3) is 2.55. The van der Waals surface area contributed by atoms with Gasteiger partial charge in [0.2, 0.25) is 0 Å². The molecule has 0 fully saturated rings. The lowest BCUT2D eigenvalue weighted by Crippen LogP contribution is -1.92. The molecule has 2 aromatic rings. The summed E-state index contributed by atoms with van der Waals surface area (Å²) in [4.78, 5) is 0. The first-order valence-electron chi connectivity index (χ1n) is 5.34. The molecule has 4 heteroatoms. The third-order valence-corrected chi connectivity index (χ3v) is 2.76. The molecule has 2 rings (SSSR count). The van der Waals surface area contributed by atoms with Crippen LogP contribution in [0.5, 0.6) is 11.5 Å².